The zero-order chi connectivity index (χ0) is 16.5. The summed E-state index contributed by atoms with van der Waals surface area (Å²) < 4.78 is 1.98. The predicted molar refractivity (Wildman–Crippen MR) is 94.1 cm³/mol. The minimum atomic E-state index is 0.0604. The molecule has 3 aromatic heterocycles. The molecular weight excluding hydrogens is 320 g/mol. The monoisotopic (exact) mass is 340 g/mol. The van der Waals surface area contributed by atoms with E-state index in [1.165, 1.54) is 0 Å². The number of imidazole rings is 1. The van der Waals surface area contributed by atoms with Gasteiger partial charge in [0, 0.05) is 24.6 Å². The Balaban J connectivity index is 1.64. The lowest BCUT2D eigenvalue weighted by molar-refractivity contribution is -0.134. The summed E-state index contributed by atoms with van der Waals surface area (Å²) in [5, 5.41) is 4.07. The van der Waals surface area contributed by atoms with Crippen LogP contribution in [0.4, 0.5) is 0 Å². The summed E-state index contributed by atoms with van der Waals surface area (Å²) in [6.07, 6.45) is 7.33. The Bertz CT molecular complexity index is 855. The lowest BCUT2D eigenvalue weighted by Gasteiger charge is -2.35. The van der Waals surface area contributed by atoms with Crippen LogP contribution in [-0.2, 0) is 11.2 Å². The molecule has 0 bridgehead atoms. The maximum atomic E-state index is 12.8. The van der Waals surface area contributed by atoms with Gasteiger partial charge in [0.2, 0.25) is 11.7 Å². The number of hydrogen-bond donors (Lipinski definition) is 0. The van der Waals surface area contributed by atoms with Crippen molar-refractivity contribution in [3.63, 3.8) is 0 Å². The van der Waals surface area contributed by atoms with Crippen LogP contribution >= 0.6 is 11.3 Å². The first-order chi connectivity index (χ1) is 11.7. The van der Waals surface area contributed by atoms with E-state index in [9.17, 15) is 4.79 Å². The Hall–Kier alpha value is -2.21. The minimum Gasteiger partial charge on any atom is -0.334 e. The van der Waals surface area contributed by atoms with Crippen molar-refractivity contribution in [1.82, 2.24) is 19.3 Å². The van der Waals surface area contributed by atoms with E-state index in [0.717, 1.165) is 42.8 Å². The van der Waals surface area contributed by atoms with E-state index < -0.39 is 0 Å². The Labute approximate surface area is 145 Å². The van der Waals surface area contributed by atoms with Crippen LogP contribution < -0.4 is 0 Å². The normalized spacial score (nSPS) is 18.2. The number of hydrogen-bond acceptors (Lipinski definition) is 4. The fourth-order valence-corrected chi connectivity index (χ4v) is 4.13. The van der Waals surface area contributed by atoms with E-state index in [-0.39, 0.29) is 11.9 Å². The molecule has 1 aliphatic heterocycles. The Kier molecular flexibility index (Phi) is 4.06. The van der Waals surface area contributed by atoms with Gasteiger partial charge in [-0.3, -0.25) is 9.20 Å². The lowest BCUT2D eigenvalue weighted by atomic mass is 9.98. The van der Waals surface area contributed by atoms with Crippen molar-refractivity contribution in [2.75, 3.05) is 6.54 Å². The van der Waals surface area contributed by atoms with Gasteiger partial charge in [-0.25, -0.2) is 9.97 Å². The van der Waals surface area contributed by atoms with Crippen LogP contribution in [0.5, 0.6) is 0 Å². The molecule has 5 nitrogen and oxygen atoms in total. The maximum Gasteiger partial charge on any atom is 0.234 e. The highest BCUT2D eigenvalue weighted by Gasteiger charge is 2.29. The van der Waals surface area contributed by atoms with Gasteiger partial charge in [0.05, 0.1) is 18.2 Å². The highest BCUT2D eigenvalue weighted by Crippen LogP contribution is 2.31. The third-order valence-electron chi connectivity index (χ3n) is 4.69. The van der Waals surface area contributed by atoms with Gasteiger partial charge in [-0.15, -0.1) is 0 Å². The smallest absolute Gasteiger partial charge is 0.234 e. The van der Waals surface area contributed by atoms with Gasteiger partial charge in [0.1, 0.15) is 0 Å². The average molecular weight is 340 g/mol. The molecule has 1 fully saturated rings. The molecule has 0 aromatic carbocycles. The van der Waals surface area contributed by atoms with Gasteiger partial charge < -0.3 is 4.90 Å². The Morgan fingerprint density at radius 1 is 1.42 bits per heavy atom. The number of aromatic nitrogens is 3. The number of rotatable bonds is 3. The van der Waals surface area contributed by atoms with Gasteiger partial charge >= 0.3 is 0 Å². The molecule has 0 radical (unpaired) electrons. The first-order valence-electron chi connectivity index (χ1n) is 8.33. The molecule has 6 heteroatoms. The summed E-state index contributed by atoms with van der Waals surface area (Å²) >= 11 is 1.64. The zero-order valence-electron chi connectivity index (χ0n) is 13.7. The number of nitrogens with zero attached hydrogens (tertiary/aromatic N) is 4. The van der Waals surface area contributed by atoms with Gasteiger partial charge in [0.25, 0.3) is 0 Å². The van der Waals surface area contributed by atoms with Gasteiger partial charge in [-0.2, -0.15) is 11.3 Å². The van der Waals surface area contributed by atoms with Crippen LogP contribution in [0.3, 0.4) is 0 Å². The van der Waals surface area contributed by atoms with E-state index in [1.54, 1.807) is 17.5 Å². The summed E-state index contributed by atoms with van der Waals surface area (Å²) in [6.45, 7) is 2.87. The van der Waals surface area contributed by atoms with Gasteiger partial charge in [-0.1, -0.05) is 0 Å². The van der Waals surface area contributed by atoms with E-state index in [1.807, 2.05) is 26.9 Å². The largest absolute Gasteiger partial charge is 0.334 e. The van der Waals surface area contributed by atoms with Crippen LogP contribution in [0, 0.1) is 6.92 Å². The molecule has 1 aliphatic rings. The predicted octanol–water partition coefficient (Wildman–Crippen LogP) is 3.40. The van der Waals surface area contributed by atoms with E-state index in [4.69, 9.17) is 4.98 Å². The second kappa shape index (κ2) is 6.36. The molecule has 1 amide bonds. The number of aryl methyl sites for hydroxylation is 1. The van der Waals surface area contributed by atoms with Crippen molar-refractivity contribution in [1.29, 1.82) is 0 Å². The number of amides is 1. The van der Waals surface area contributed by atoms with E-state index >= 15 is 0 Å². The van der Waals surface area contributed by atoms with Crippen molar-refractivity contribution in [3.05, 3.63) is 52.2 Å². The number of carbonyl (C=O) groups excluding carboxylic acids is 1. The van der Waals surface area contributed by atoms with Crippen LogP contribution in [0.15, 0.2) is 35.3 Å². The third kappa shape index (κ3) is 2.82. The molecule has 24 heavy (non-hydrogen) atoms. The van der Waals surface area contributed by atoms with Crippen molar-refractivity contribution in [3.8, 4) is 0 Å². The molecule has 124 valence electrons. The molecule has 0 aliphatic carbocycles. The molecule has 1 atom stereocenters. The highest BCUT2D eigenvalue weighted by atomic mass is 32.1. The summed E-state index contributed by atoms with van der Waals surface area (Å²) in [5.41, 5.74) is 3.16. The molecule has 0 unspecified atom stereocenters. The standard InChI is InChI=1S/C18H20N4OS/c1-13-10-15(20-18-19-6-8-21(13)18)16-4-2-3-7-22(16)17(23)11-14-5-9-24-12-14/h5-6,8-10,12,16H,2-4,7,11H2,1H3/t16-/m1/s1. The summed E-state index contributed by atoms with van der Waals surface area (Å²) in [7, 11) is 0. The third-order valence-corrected chi connectivity index (χ3v) is 5.42. The molecule has 0 saturated carbocycles. The second-order valence-electron chi connectivity index (χ2n) is 6.33. The van der Waals surface area contributed by atoms with Crippen LogP contribution in [0.1, 0.15) is 42.3 Å². The molecule has 0 N–H and O–H groups in total. The van der Waals surface area contributed by atoms with Crippen molar-refractivity contribution in [2.45, 2.75) is 38.6 Å². The zero-order valence-corrected chi connectivity index (χ0v) is 14.5. The first-order valence-corrected chi connectivity index (χ1v) is 9.28. The quantitative estimate of drug-likeness (QED) is 0.734. The van der Waals surface area contributed by atoms with Crippen LogP contribution in [0.25, 0.3) is 5.78 Å². The minimum absolute atomic E-state index is 0.0604. The fourth-order valence-electron chi connectivity index (χ4n) is 3.46. The van der Waals surface area contributed by atoms with Crippen molar-refractivity contribution < 1.29 is 4.79 Å². The fraction of sp³-hybridized carbons (Fsp3) is 0.389. The number of fused-ring (bicyclic) bond motifs is 1. The average Bonchev–Trinajstić information content (AvgIpc) is 3.26. The van der Waals surface area contributed by atoms with Gasteiger partial charge in [0.15, 0.2) is 0 Å². The SMILES string of the molecule is Cc1cc([C@H]2CCCCN2C(=O)Cc2ccsc2)nc2nccn12. The lowest BCUT2D eigenvalue weighted by Crippen LogP contribution is -2.39. The molecule has 0 spiro atoms. The Morgan fingerprint density at radius 3 is 3.17 bits per heavy atom. The van der Waals surface area contributed by atoms with Crippen LogP contribution in [0.2, 0.25) is 0 Å². The van der Waals surface area contributed by atoms with Crippen LogP contribution in [-0.4, -0.2) is 31.7 Å². The Morgan fingerprint density at radius 2 is 2.33 bits per heavy atom. The van der Waals surface area contributed by atoms with E-state index in [0.29, 0.717) is 12.2 Å². The van der Waals surface area contributed by atoms with Crippen molar-refractivity contribution >= 4 is 23.0 Å². The van der Waals surface area contributed by atoms with Gasteiger partial charge in [-0.05, 0) is 54.6 Å². The number of thiophene rings is 1. The number of likely N-dealkylation sites (tertiary alicyclic amines) is 1. The molecule has 3 aromatic rings. The summed E-state index contributed by atoms with van der Waals surface area (Å²) in [4.78, 5) is 23.9. The summed E-state index contributed by atoms with van der Waals surface area (Å²) in [5.74, 6) is 0.904. The molecule has 1 saturated heterocycles. The van der Waals surface area contributed by atoms with Crippen molar-refractivity contribution in [2.24, 2.45) is 0 Å². The molecule has 4 rings (SSSR count). The topological polar surface area (TPSA) is 50.5 Å². The van der Waals surface area contributed by atoms with E-state index in [2.05, 4.69) is 23.4 Å². The highest BCUT2D eigenvalue weighted by molar-refractivity contribution is 7.08. The number of piperidine rings is 1. The molecule has 4 heterocycles. The summed E-state index contributed by atoms with van der Waals surface area (Å²) in [6, 6.07) is 4.18. The molecular formula is C18H20N4OS. The first kappa shape index (κ1) is 15.3. The second-order valence-corrected chi connectivity index (χ2v) is 7.11. The number of carbonyl (C=O) groups is 1. The maximum absolute atomic E-state index is 12.8.